The quantitative estimate of drug-likeness (QED) is 0.777. The van der Waals surface area contributed by atoms with Crippen molar-refractivity contribution >= 4 is 28.3 Å². The Kier molecular flexibility index (Phi) is 9.24. The Morgan fingerprint density at radius 3 is 2.61 bits per heavy atom. The predicted molar refractivity (Wildman–Crippen MR) is 81.5 cm³/mol. The lowest BCUT2D eigenvalue weighted by atomic mass is 10.0. The summed E-state index contributed by atoms with van der Waals surface area (Å²) in [7, 11) is 1.65. The van der Waals surface area contributed by atoms with Crippen LogP contribution < -0.4 is 15.2 Å². The lowest BCUT2D eigenvalue weighted by Crippen LogP contribution is -2.21. The van der Waals surface area contributed by atoms with Crippen LogP contribution >= 0.6 is 28.3 Å². The molecule has 0 fully saturated rings. The molecule has 104 valence electrons. The first kappa shape index (κ1) is 17.6. The summed E-state index contributed by atoms with van der Waals surface area (Å²) in [4.78, 5) is 0. The summed E-state index contributed by atoms with van der Waals surface area (Å²) in [5.74, 6) is 1.55. The number of hydrogen-bond acceptors (Lipinski definition) is 3. The summed E-state index contributed by atoms with van der Waals surface area (Å²) in [6, 6.07) is 6.19. The van der Waals surface area contributed by atoms with E-state index in [1.807, 2.05) is 18.2 Å². The van der Waals surface area contributed by atoms with Gasteiger partial charge in [0.15, 0.2) is 11.5 Å². The molecule has 0 heterocycles. The number of methoxy groups -OCH3 is 1. The molecule has 0 aliphatic rings. The maximum Gasteiger partial charge on any atom is 0.161 e. The number of benzene rings is 1. The van der Waals surface area contributed by atoms with Gasteiger partial charge in [0.1, 0.15) is 0 Å². The first-order valence-corrected chi connectivity index (χ1v) is 6.94. The zero-order chi connectivity index (χ0) is 12.7. The monoisotopic (exact) mass is 337 g/mol. The van der Waals surface area contributed by atoms with E-state index in [1.165, 1.54) is 5.56 Å². The lowest BCUT2D eigenvalue weighted by molar-refractivity contribution is 0.314. The maximum absolute atomic E-state index is 5.94. The van der Waals surface area contributed by atoms with Gasteiger partial charge in [-0.2, -0.15) is 0 Å². The second kappa shape index (κ2) is 9.48. The van der Waals surface area contributed by atoms with Crippen LogP contribution in [0.5, 0.6) is 11.5 Å². The van der Waals surface area contributed by atoms with E-state index in [2.05, 4.69) is 22.9 Å². The molecule has 0 bridgehead atoms. The van der Waals surface area contributed by atoms with Gasteiger partial charge < -0.3 is 15.2 Å². The van der Waals surface area contributed by atoms with E-state index in [0.717, 1.165) is 29.7 Å². The molecule has 18 heavy (non-hydrogen) atoms. The molecule has 1 aromatic carbocycles. The van der Waals surface area contributed by atoms with Gasteiger partial charge >= 0.3 is 0 Å². The van der Waals surface area contributed by atoms with Crippen molar-refractivity contribution in [1.82, 2.24) is 0 Å². The molecule has 0 spiro atoms. The fourth-order valence-electron chi connectivity index (χ4n) is 1.55. The van der Waals surface area contributed by atoms with Gasteiger partial charge in [0.05, 0.1) is 13.7 Å². The third-order valence-electron chi connectivity index (χ3n) is 2.59. The molecule has 0 radical (unpaired) electrons. The third kappa shape index (κ3) is 5.46. The zero-order valence-electron chi connectivity index (χ0n) is 10.8. The van der Waals surface area contributed by atoms with Crippen molar-refractivity contribution in [2.24, 2.45) is 5.73 Å². The van der Waals surface area contributed by atoms with Gasteiger partial charge in [-0.1, -0.05) is 28.9 Å². The summed E-state index contributed by atoms with van der Waals surface area (Å²) in [6.07, 6.45) is 1.84. The average molecular weight is 339 g/mol. The number of halogens is 2. The second-order valence-electron chi connectivity index (χ2n) is 3.90. The summed E-state index contributed by atoms with van der Waals surface area (Å²) in [5.41, 5.74) is 7.12. The molecule has 0 aliphatic heterocycles. The van der Waals surface area contributed by atoms with Gasteiger partial charge in [-0.15, -0.1) is 12.4 Å². The van der Waals surface area contributed by atoms with Crippen molar-refractivity contribution in [1.29, 1.82) is 0 Å². The Bertz CT molecular complexity index is 350. The van der Waals surface area contributed by atoms with Crippen molar-refractivity contribution in [3.8, 4) is 11.5 Å². The summed E-state index contributed by atoms with van der Waals surface area (Å²) >= 11 is 3.33. The predicted octanol–water partition coefficient (Wildman–Crippen LogP) is 3.17. The highest BCUT2D eigenvalue weighted by Crippen LogP contribution is 2.28. The summed E-state index contributed by atoms with van der Waals surface area (Å²) < 4.78 is 10.9. The third-order valence-corrected chi connectivity index (χ3v) is 2.91. The molecule has 1 rings (SSSR count). The van der Waals surface area contributed by atoms with Crippen LogP contribution in [0.3, 0.4) is 0 Å². The smallest absolute Gasteiger partial charge is 0.161 e. The molecule has 3 nitrogen and oxygen atoms in total. The lowest BCUT2D eigenvalue weighted by Gasteiger charge is -2.13. The first-order chi connectivity index (χ1) is 8.21. The number of hydrogen-bond donors (Lipinski definition) is 1. The molecule has 0 saturated carbocycles. The molecular weight excluding hydrogens is 318 g/mol. The summed E-state index contributed by atoms with van der Waals surface area (Å²) in [6.45, 7) is 2.72. The number of rotatable bonds is 7. The van der Waals surface area contributed by atoms with Gasteiger partial charge in [-0.05, 0) is 30.5 Å². The van der Waals surface area contributed by atoms with E-state index in [-0.39, 0.29) is 18.4 Å². The molecular formula is C13H21BrClNO2. The van der Waals surface area contributed by atoms with Gasteiger partial charge in [0.25, 0.3) is 0 Å². The van der Waals surface area contributed by atoms with Crippen molar-refractivity contribution in [3.05, 3.63) is 23.8 Å². The molecule has 0 saturated heterocycles. The van der Waals surface area contributed by atoms with Crippen LogP contribution in [0.4, 0.5) is 0 Å². The molecule has 5 heteroatoms. The fourth-order valence-corrected chi connectivity index (χ4v) is 1.72. The topological polar surface area (TPSA) is 44.5 Å². The minimum atomic E-state index is 0. The minimum Gasteiger partial charge on any atom is -0.493 e. The Labute approximate surface area is 124 Å². The molecule has 2 N–H and O–H groups in total. The highest BCUT2D eigenvalue weighted by molar-refractivity contribution is 9.09. The molecule has 1 aromatic rings. The number of nitrogens with two attached hydrogens (primary N) is 1. The molecule has 0 amide bonds. The number of alkyl halides is 1. The zero-order valence-corrected chi connectivity index (χ0v) is 13.2. The first-order valence-electron chi connectivity index (χ1n) is 5.82. The van der Waals surface area contributed by atoms with Crippen LogP contribution in [0.2, 0.25) is 0 Å². The van der Waals surface area contributed by atoms with Gasteiger partial charge in [-0.3, -0.25) is 0 Å². The van der Waals surface area contributed by atoms with Crippen LogP contribution in [0.15, 0.2) is 18.2 Å². The van der Waals surface area contributed by atoms with Crippen LogP contribution in [0.1, 0.15) is 18.9 Å². The fraction of sp³-hybridized carbons (Fsp3) is 0.538. The maximum atomic E-state index is 5.94. The molecule has 1 unspecified atom stereocenters. The van der Waals surface area contributed by atoms with Gasteiger partial charge in [0, 0.05) is 11.4 Å². The van der Waals surface area contributed by atoms with E-state index >= 15 is 0 Å². The Hall–Kier alpha value is -0.450. The van der Waals surface area contributed by atoms with Crippen LogP contribution in [-0.2, 0) is 6.42 Å². The van der Waals surface area contributed by atoms with Crippen molar-refractivity contribution in [3.63, 3.8) is 0 Å². The largest absolute Gasteiger partial charge is 0.493 e. The van der Waals surface area contributed by atoms with E-state index in [1.54, 1.807) is 7.11 Å². The van der Waals surface area contributed by atoms with Crippen molar-refractivity contribution in [2.45, 2.75) is 25.8 Å². The Morgan fingerprint density at radius 2 is 2.06 bits per heavy atom. The standard InChI is InChI=1S/C13H20BrNO2.ClH/c1-3-11(15)8-10-4-5-12(17-7-6-14)13(9-10)16-2;/h4-5,9,11H,3,6-8,15H2,1-2H3;1H. The highest BCUT2D eigenvalue weighted by Gasteiger charge is 2.07. The van der Waals surface area contributed by atoms with E-state index in [4.69, 9.17) is 15.2 Å². The summed E-state index contributed by atoms with van der Waals surface area (Å²) in [5, 5.41) is 0.804. The van der Waals surface area contributed by atoms with Crippen LogP contribution in [0, 0.1) is 0 Å². The van der Waals surface area contributed by atoms with Gasteiger partial charge in [0.2, 0.25) is 0 Å². The van der Waals surface area contributed by atoms with E-state index in [9.17, 15) is 0 Å². The number of ether oxygens (including phenoxy) is 2. The second-order valence-corrected chi connectivity index (χ2v) is 4.69. The van der Waals surface area contributed by atoms with Crippen molar-refractivity contribution < 1.29 is 9.47 Å². The minimum absolute atomic E-state index is 0. The SMILES string of the molecule is CCC(N)Cc1ccc(OCCBr)c(OC)c1.Cl. The van der Waals surface area contributed by atoms with E-state index in [0.29, 0.717) is 6.61 Å². The van der Waals surface area contributed by atoms with Crippen molar-refractivity contribution in [2.75, 3.05) is 19.0 Å². The Morgan fingerprint density at radius 1 is 1.33 bits per heavy atom. The average Bonchev–Trinajstić information content (AvgIpc) is 2.36. The van der Waals surface area contributed by atoms with Crippen LogP contribution in [0.25, 0.3) is 0 Å². The molecule has 0 aliphatic carbocycles. The van der Waals surface area contributed by atoms with Crippen LogP contribution in [-0.4, -0.2) is 25.1 Å². The molecule has 1 atom stereocenters. The van der Waals surface area contributed by atoms with E-state index < -0.39 is 0 Å². The Balaban J connectivity index is 0.00000289. The highest BCUT2D eigenvalue weighted by atomic mass is 79.9. The van der Waals surface area contributed by atoms with Gasteiger partial charge in [-0.25, -0.2) is 0 Å². The molecule has 0 aromatic heterocycles. The normalized spacial score (nSPS) is 11.6.